The maximum absolute atomic E-state index is 12.4. The van der Waals surface area contributed by atoms with E-state index in [4.69, 9.17) is 4.74 Å². The van der Waals surface area contributed by atoms with Gasteiger partial charge in [-0.3, -0.25) is 4.79 Å². The first-order valence-corrected chi connectivity index (χ1v) is 9.44. The minimum atomic E-state index is -0.244. The smallest absolute Gasteiger partial charge is 0.237 e. The van der Waals surface area contributed by atoms with E-state index in [0.29, 0.717) is 11.4 Å². The van der Waals surface area contributed by atoms with Crippen LogP contribution < -0.4 is 10.1 Å². The first kappa shape index (κ1) is 16.9. The van der Waals surface area contributed by atoms with Gasteiger partial charge in [-0.15, -0.1) is 0 Å². The summed E-state index contributed by atoms with van der Waals surface area (Å²) in [6.07, 6.45) is 0. The summed E-state index contributed by atoms with van der Waals surface area (Å²) >= 11 is 3.16. The van der Waals surface area contributed by atoms with E-state index >= 15 is 0 Å². The third-order valence-corrected chi connectivity index (χ3v) is 5.86. The Balaban J connectivity index is 1.66. The number of hydrogen-bond acceptors (Lipinski definition) is 5. The number of aliphatic imine (C=N–C) groups is 1. The van der Waals surface area contributed by atoms with Crippen molar-refractivity contribution in [1.29, 1.82) is 0 Å². The van der Waals surface area contributed by atoms with Crippen LogP contribution in [0.15, 0.2) is 53.5 Å². The number of ether oxygens (including phenoxy) is 1. The molecule has 0 saturated carbocycles. The number of carbonyl (C=O) groups excluding carboxylic acids is 1. The predicted molar refractivity (Wildman–Crippen MR) is 104 cm³/mol. The number of benzene rings is 2. The molecule has 1 heterocycles. The van der Waals surface area contributed by atoms with Gasteiger partial charge >= 0.3 is 0 Å². The Morgan fingerprint density at radius 2 is 2.00 bits per heavy atom. The van der Waals surface area contributed by atoms with E-state index in [1.807, 2.05) is 49.4 Å². The number of methoxy groups -OCH3 is 1. The van der Waals surface area contributed by atoms with Crippen molar-refractivity contribution in [3.8, 4) is 5.75 Å². The number of hydrogen-bond donors (Lipinski definition) is 1. The molecule has 124 valence electrons. The van der Waals surface area contributed by atoms with Crippen LogP contribution in [-0.2, 0) is 10.5 Å². The van der Waals surface area contributed by atoms with Crippen LogP contribution in [-0.4, -0.2) is 22.6 Å². The standard InChI is InChI=1S/C18H18N2O2S2/c1-12(17(21)19-15-9-5-6-10-16(15)22-2)24-18-20-14-8-4-3-7-13(14)11-23-18/h3-10,12H,11H2,1-2H3,(H,19,21). The summed E-state index contributed by atoms with van der Waals surface area (Å²) in [7, 11) is 1.59. The SMILES string of the molecule is COc1ccccc1NC(=O)C(C)SC1=Nc2ccccc2CS1. The lowest BCUT2D eigenvalue weighted by Crippen LogP contribution is -2.23. The number of para-hydroxylation sites is 3. The molecule has 0 saturated heterocycles. The second kappa shape index (κ2) is 7.77. The third kappa shape index (κ3) is 3.94. The highest BCUT2D eigenvalue weighted by atomic mass is 32.2. The lowest BCUT2D eigenvalue weighted by molar-refractivity contribution is -0.115. The van der Waals surface area contributed by atoms with Crippen molar-refractivity contribution in [2.75, 3.05) is 12.4 Å². The molecule has 1 amide bonds. The van der Waals surface area contributed by atoms with E-state index in [9.17, 15) is 4.79 Å². The highest BCUT2D eigenvalue weighted by Crippen LogP contribution is 2.36. The highest BCUT2D eigenvalue weighted by Gasteiger charge is 2.20. The van der Waals surface area contributed by atoms with Gasteiger partial charge in [0.1, 0.15) is 10.1 Å². The predicted octanol–water partition coefficient (Wildman–Crippen LogP) is 4.69. The van der Waals surface area contributed by atoms with Crippen LogP contribution in [0.25, 0.3) is 0 Å². The molecule has 1 N–H and O–H groups in total. The second-order valence-electron chi connectivity index (χ2n) is 5.24. The summed E-state index contributed by atoms with van der Waals surface area (Å²) in [5.74, 6) is 1.48. The molecule has 3 rings (SSSR count). The monoisotopic (exact) mass is 358 g/mol. The summed E-state index contributed by atoms with van der Waals surface area (Å²) in [5.41, 5.74) is 2.91. The quantitative estimate of drug-likeness (QED) is 0.861. The van der Waals surface area contributed by atoms with Gasteiger partial charge in [0.05, 0.1) is 23.7 Å². The van der Waals surface area contributed by atoms with Gasteiger partial charge in [0, 0.05) is 5.75 Å². The van der Waals surface area contributed by atoms with Gasteiger partial charge in [0.2, 0.25) is 5.91 Å². The number of fused-ring (bicyclic) bond motifs is 1. The van der Waals surface area contributed by atoms with E-state index < -0.39 is 0 Å². The fourth-order valence-corrected chi connectivity index (χ4v) is 4.45. The molecule has 2 aromatic rings. The zero-order valence-electron chi connectivity index (χ0n) is 13.5. The molecule has 1 atom stereocenters. The van der Waals surface area contributed by atoms with E-state index in [-0.39, 0.29) is 11.2 Å². The summed E-state index contributed by atoms with van der Waals surface area (Å²) in [4.78, 5) is 17.1. The Kier molecular flexibility index (Phi) is 5.48. The molecule has 1 aliphatic rings. The molecule has 4 nitrogen and oxygen atoms in total. The summed E-state index contributed by atoms with van der Waals surface area (Å²) in [5, 5.41) is 2.68. The molecular weight excluding hydrogens is 340 g/mol. The average Bonchev–Trinajstić information content (AvgIpc) is 2.62. The van der Waals surface area contributed by atoms with Crippen LogP contribution in [0.4, 0.5) is 11.4 Å². The maximum atomic E-state index is 12.4. The molecule has 24 heavy (non-hydrogen) atoms. The second-order valence-corrected chi connectivity index (χ2v) is 7.80. The summed E-state index contributed by atoms with van der Waals surface area (Å²) in [6, 6.07) is 15.5. The van der Waals surface area contributed by atoms with Gasteiger partial charge in [0.25, 0.3) is 0 Å². The van der Waals surface area contributed by atoms with Crippen LogP contribution in [0, 0.1) is 0 Å². The molecule has 6 heteroatoms. The number of rotatable bonds is 4. The van der Waals surface area contributed by atoms with Gasteiger partial charge in [0.15, 0.2) is 0 Å². The van der Waals surface area contributed by atoms with Crippen LogP contribution in [0.3, 0.4) is 0 Å². The molecule has 0 aromatic heterocycles. The molecule has 2 aromatic carbocycles. The third-order valence-electron chi connectivity index (χ3n) is 3.57. The van der Waals surface area contributed by atoms with E-state index in [1.165, 1.54) is 17.3 Å². The van der Waals surface area contributed by atoms with Crippen molar-refractivity contribution < 1.29 is 9.53 Å². The highest BCUT2D eigenvalue weighted by molar-refractivity contribution is 8.39. The van der Waals surface area contributed by atoms with Gasteiger partial charge in [-0.2, -0.15) is 0 Å². The van der Waals surface area contributed by atoms with Crippen LogP contribution in [0.2, 0.25) is 0 Å². The molecule has 0 spiro atoms. The number of amides is 1. The van der Waals surface area contributed by atoms with Gasteiger partial charge in [-0.05, 0) is 30.7 Å². The number of nitrogens with zero attached hydrogens (tertiary/aromatic N) is 1. The fourth-order valence-electron chi connectivity index (χ4n) is 2.26. The van der Waals surface area contributed by atoms with Gasteiger partial charge in [-0.25, -0.2) is 4.99 Å². The van der Waals surface area contributed by atoms with Crippen molar-refractivity contribution in [3.05, 3.63) is 54.1 Å². The lowest BCUT2D eigenvalue weighted by Gasteiger charge is -2.17. The number of anilines is 1. The lowest BCUT2D eigenvalue weighted by atomic mass is 10.2. The molecule has 0 fully saturated rings. The number of thioether (sulfide) groups is 2. The normalized spacial score (nSPS) is 14.3. The van der Waals surface area contributed by atoms with E-state index in [2.05, 4.69) is 16.4 Å². The zero-order chi connectivity index (χ0) is 16.9. The first-order valence-electron chi connectivity index (χ1n) is 7.57. The van der Waals surface area contributed by atoms with E-state index in [0.717, 1.165) is 15.8 Å². The fraction of sp³-hybridized carbons (Fsp3) is 0.222. The minimum absolute atomic E-state index is 0.0633. The van der Waals surface area contributed by atoms with Crippen LogP contribution in [0.1, 0.15) is 12.5 Å². The molecule has 1 unspecified atom stereocenters. The van der Waals surface area contributed by atoms with Crippen molar-refractivity contribution in [2.45, 2.75) is 17.9 Å². The maximum Gasteiger partial charge on any atom is 0.237 e. The molecule has 1 aliphatic heterocycles. The van der Waals surface area contributed by atoms with Crippen molar-refractivity contribution >= 4 is 45.2 Å². The summed E-state index contributed by atoms with van der Waals surface area (Å²) in [6.45, 7) is 1.89. The Morgan fingerprint density at radius 1 is 1.25 bits per heavy atom. The van der Waals surface area contributed by atoms with Gasteiger partial charge in [-0.1, -0.05) is 53.9 Å². The molecule has 0 aliphatic carbocycles. The summed E-state index contributed by atoms with van der Waals surface area (Å²) < 4.78 is 6.19. The Labute approximate surface area is 150 Å². The van der Waals surface area contributed by atoms with E-state index in [1.54, 1.807) is 18.9 Å². The molecule has 0 bridgehead atoms. The number of carbonyl (C=O) groups is 1. The molecular formula is C18H18N2O2S2. The Bertz CT molecular complexity index is 777. The van der Waals surface area contributed by atoms with Crippen LogP contribution in [0.5, 0.6) is 5.75 Å². The van der Waals surface area contributed by atoms with Crippen molar-refractivity contribution in [3.63, 3.8) is 0 Å². The topological polar surface area (TPSA) is 50.7 Å². The van der Waals surface area contributed by atoms with Crippen molar-refractivity contribution in [2.24, 2.45) is 4.99 Å². The Hall–Kier alpha value is -1.92. The minimum Gasteiger partial charge on any atom is -0.495 e. The Morgan fingerprint density at radius 3 is 2.83 bits per heavy atom. The zero-order valence-corrected chi connectivity index (χ0v) is 15.1. The van der Waals surface area contributed by atoms with Crippen LogP contribution >= 0.6 is 23.5 Å². The molecule has 0 radical (unpaired) electrons. The van der Waals surface area contributed by atoms with Gasteiger partial charge < -0.3 is 10.1 Å². The number of nitrogens with one attached hydrogen (secondary N) is 1. The largest absolute Gasteiger partial charge is 0.495 e. The first-order chi connectivity index (χ1) is 11.7. The van der Waals surface area contributed by atoms with Crippen molar-refractivity contribution in [1.82, 2.24) is 0 Å². The average molecular weight is 358 g/mol.